The van der Waals surface area contributed by atoms with Crippen LogP contribution in [0.4, 0.5) is 8.78 Å². The van der Waals surface area contributed by atoms with Gasteiger partial charge in [-0.25, -0.2) is 4.79 Å². The second kappa shape index (κ2) is 4.57. The van der Waals surface area contributed by atoms with Crippen LogP contribution in [0, 0.1) is 0 Å². The molecule has 0 aliphatic heterocycles. The lowest BCUT2D eigenvalue weighted by atomic mass is 10.1. The van der Waals surface area contributed by atoms with Gasteiger partial charge in [-0.15, -0.1) is 0 Å². The van der Waals surface area contributed by atoms with Crippen LogP contribution in [0.25, 0.3) is 0 Å². The van der Waals surface area contributed by atoms with Crippen LogP contribution in [0.15, 0.2) is 24.3 Å². The van der Waals surface area contributed by atoms with E-state index in [0.29, 0.717) is 0 Å². The number of hydrogen-bond acceptors (Lipinski definition) is 3. The zero-order chi connectivity index (χ0) is 12.3. The molecule has 0 heterocycles. The van der Waals surface area contributed by atoms with E-state index in [9.17, 15) is 18.4 Å². The molecule has 1 aromatic carbocycles. The number of hydrogen-bond donors (Lipinski definition) is 0. The van der Waals surface area contributed by atoms with Crippen LogP contribution >= 0.6 is 11.6 Å². The van der Waals surface area contributed by atoms with E-state index in [1.807, 2.05) is 0 Å². The molecule has 0 fully saturated rings. The SMILES string of the molecule is COC(=O)c1cccc(C(=O)C(F)(F)Cl)c1. The molecule has 0 amide bonds. The van der Waals surface area contributed by atoms with Gasteiger partial charge in [-0.1, -0.05) is 12.1 Å². The molecule has 0 aliphatic carbocycles. The number of alkyl halides is 3. The quantitative estimate of drug-likeness (QED) is 0.469. The first-order chi connectivity index (χ1) is 7.36. The fourth-order valence-electron chi connectivity index (χ4n) is 1.07. The number of carbonyl (C=O) groups excluding carboxylic acids is 2. The molecular formula is C10H7ClF2O3. The molecular weight excluding hydrogens is 242 g/mol. The first-order valence-electron chi connectivity index (χ1n) is 4.16. The van der Waals surface area contributed by atoms with E-state index in [-0.39, 0.29) is 11.1 Å². The average molecular weight is 249 g/mol. The predicted molar refractivity (Wildman–Crippen MR) is 52.9 cm³/mol. The van der Waals surface area contributed by atoms with E-state index < -0.39 is 17.1 Å². The van der Waals surface area contributed by atoms with Gasteiger partial charge >= 0.3 is 11.4 Å². The smallest absolute Gasteiger partial charge is 0.384 e. The first-order valence-corrected chi connectivity index (χ1v) is 4.54. The maximum atomic E-state index is 12.5. The topological polar surface area (TPSA) is 43.4 Å². The van der Waals surface area contributed by atoms with Gasteiger partial charge in [0, 0.05) is 5.56 Å². The van der Waals surface area contributed by atoms with Crippen molar-refractivity contribution in [3.05, 3.63) is 35.4 Å². The molecule has 3 nitrogen and oxygen atoms in total. The molecule has 86 valence electrons. The van der Waals surface area contributed by atoms with Crippen molar-refractivity contribution in [2.24, 2.45) is 0 Å². The second-order valence-electron chi connectivity index (χ2n) is 2.90. The third-order valence-electron chi connectivity index (χ3n) is 1.80. The van der Waals surface area contributed by atoms with E-state index >= 15 is 0 Å². The second-order valence-corrected chi connectivity index (χ2v) is 3.37. The van der Waals surface area contributed by atoms with Gasteiger partial charge in [0.05, 0.1) is 12.7 Å². The molecule has 0 saturated heterocycles. The van der Waals surface area contributed by atoms with E-state index in [1.54, 1.807) is 0 Å². The maximum absolute atomic E-state index is 12.5. The van der Waals surface area contributed by atoms with Gasteiger partial charge in [0.2, 0.25) is 5.78 Å². The molecule has 0 aliphatic rings. The lowest BCUT2D eigenvalue weighted by molar-refractivity contribution is 0.0535. The van der Waals surface area contributed by atoms with Crippen LogP contribution in [0.2, 0.25) is 0 Å². The fourth-order valence-corrected chi connectivity index (χ4v) is 1.18. The minimum absolute atomic E-state index is 0.00858. The van der Waals surface area contributed by atoms with Crippen LogP contribution in [-0.4, -0.2) is 24.2 Å². The number of benzene rings is 1. The van der Waals surface area contributed by atoms with Crippen molar-refractivity contribution in [1.29, 1.82) is 0 Å². The van der Waals surface area contributed by atoms with Crippen molar-refractivity contribution in [1.82, 2.24) is 0 Å². The van der Waals surface area contributed by atoms with Crippen molar-refractivity contribution in [3.8, 4) is 0 Å². The fraction of sp³-hybridized carbons (Fsp3) is 0.200. The summed E-state index contributed by atoms with van der Waals surface area (Å²) in [7, 11) is 1.15. The molecule has 0 atom stereocenters. The standard InChI is InChI=1S/C10H7ClF2O3/c1-16-9(15)7-4-2-3-6(5-7)8(14)10(11,12)13/h2-5H,1H3. The van der Waals surface area contributed by atoms with Gasteiger partial charge in [-0.05, 0) is 23.7 Å². The van der Waals surface area contributed by atoms with Crippen molar-refractivity contribution in [2.75, 3.05) is 7.11 Å². The Morgan fingerprint density at radius 2 is 1.88 bits per heavy atom. The minimum Gasteiger partial charge on any atom is -0.465 e. The summed E-state index contributed by atoms with van der Waals surface area (Å²) in [5.74, 6) is -2.27. The number of rotatable bonds is 3. The number of esters is 1. The van der Waals surface area contributed by atoms with Crippen LogP contribution in [0.1, 0.15) is 20.7 Å². The van der Waals surface area contributed by atoms with Gasteiger partial charge in [0.25, 0.3) is 0 Å². The summed E-state index contributed by atoms with van der Waals surface area (Å²) in [6.45, 7) is 0. The molecule has 0 N–H and O–H groups in total. The maximum Gasteiger partial charge on any atom is 0.384 e. The zero-order valence-electron chi connectivity index (χ0n) is 8.17. The molecule has 1 rings (SSSR count). The molecule has 0 saturated carbocycles. The van der Waals surface area contributed by atoms with E-state index in [2.05, 4.69) is 16.3 Å². The van der Waals surface area contributed by atoms with Gasteiger partial charge in [-0.2, -0.15) is 8.78 Å². The number of methoxy groups -OCH3 is 1. The average Bonchev–Trinajstić information content (AvgIpc) is 2.26. The summed E-state index contributed by atoms with van der Waals surface area (Å²) in [6.07, 6.45) is 0. The molecule has 0 radical (unpaired) electrons. The molecule has 16 heavy (non-hydrogen) atoms. The Hall–Kier alpha value is -1.49. The van der Waals surface area contributed by atoms with Crippen LogP contribution in [-0.2, 0) is 4.74 Å². The van der Waals surface area contributed by atoms with Crippen LogP contribution in [0.5, 0.6) is 0 Å². The van der Waals surface area contributed by atoms with Crippen LogP contribution < -0.4 is 0 Å². The summed E-state index contributed by atoms with van der Waals surface area (Å²) in [5, 5.41) is -3.98. The molecule has 6 heteroatoms. The van der Waals surface area contributed by atoms with E-state index in [1.165, 1.54) is 12.1 Å². The number of carbonyl (C=O) groups is 2. The van der Waals surface area contributed by atoms with Gasteiger partial charge in [0.1, 0.15) is 0 Å². The Kier molecular flexibility index (Phi) is 3.59. The molecule has 0 bridgehead atoms. The Bertz CT molecular complexity index is 426. The van der Waals surface area contributed by atoms with Crippen molar-refractivity contribution >= 4 is 23.4 Å². The normalized spacial score (nSPS) is 11.0. The summed E-state index contributed by atoms with van der Waals surface area (Å²) < 4.78 is 29.4. The lowest BCUT2D eigenvalue weighted by Crippen LogP contribution is -2.21. The van der Waals surface area contributed by atoms with Crippen molar-refractivity contribution in [3.63, 3.8) is 0 Å². The third kappa shape index (κ3) is 2.76. The van der Waals surface area contributed by atoms with E-state index in [0.717, 1.165) is 19.2 Å². The highest BCUT2D eigenvalue weighted by atomic mass is 35.5. The predicted octanol–water partition coefficient (Wildman–Crippen LogP) is 2.49. The number of Topliss-reactive ketones (excluding diaryl/α,β-unsaturated/α-hetero) is 1. The Morgan fingerprint density at radius 1 is 1.31 bits per heavy atom. The van der Waals surface area contributed by atoms with Crippen molar-refractivity contribution < 1.29 is 23.1 Å². The van der Waals surface area contributed by atoms with Gasteiger partial charge in [-0.3, -0.25) is 4.79 Å². The number of halogens is 3. The molecule has 0 aromatic heterocycles. The largest absolute Gasteiger partial charge is 0.465 e. The lowest BCUT2D eigenvalue weighted by Gasteiger charge is -2.07. The summed E-state index contributed by atoms with van der Waals surface area (Å²) >= 11 is 4.58. The summed E-state index contributed by atoms with van der Waals surface area (Å²) in [6, 6.07) is 4.78. The monoisotopic (exact) mass is 248 g/mol. The molecule has 0 spiro atoms. The highest BCUT2D eigenvalue weighted by Crippen LogP contribution is 2.24. The zero-order valence-corrected chi connectivity index (χ0v) is 8.92. The Labute approximate surface area is 95.0 Å². The highest BCUT2D eigenvalue weighted by molar-refractivity contribution is 6.35. The number of ketones is 1. The summed E-state index contributed by atoms with van der Waals surface area (Å²) in [5.41, 5.74) is -0.336. The Balaban J connectivity index is 3.09. The van der Waals surface area contributed by atoms with Crippen molar-refractivity contribution in [2.45, 2.75) is 5.38 Å². The van der Waals surface area contributed by atoms with Gasteiger partial charge in [0.15, 0.2) is 0 Å². The number of ether oxygens (including phenoxy) is 1. The van der Waals surface area contributed by atoms with Crippen LogP contribution in [0.3, 0.4) is 0 Å². The first kappa shape index (κ1) is 12.6. The molecule has 1 aromatic rings. The third-order valence-corrected chi connectivity index (χ3v) is 1.97. The molecule has 0 unspecified atom stereocenters. The summed E-state index contributed by atoms with van der Waals surface area (Å²) in [4.78, 5) is 22.2. The van der Waals surface area contributed by atoms with E-state index in [4.69, 9.17) is 0 Å². The Morgan fingerprint density at radius 3 is 2.38 bits per heavy atom. The van der Waals surface area contributed by atoms with Gasteiger partial charge < -0.3 is 4.74 Å². The highest BCUT2D eigenvalue weighted by Gasteiger charge is 2.36. The minimum atomic E-state index is -3.98.